The van der Waals surface area contributed by atoms with Crippen LogP contribution in [0, 0.1) is 0 Å². The van der Waals surface area contributed by atoms with E-state index in [1.165, 1.54) is 0 Å². The molecular weight excluding hydrogens is 468 g/mol. The number of nitrogens with zero attached hydrogens (tertiary/aromatic N) is 2. The molecule has 0 spiro atoms. The van der Waals surface area contributed by atoms with E-state index in [2.05, 4.69) is 46.5 Å². The Morgan fingerprint density at radius 1 is 0.733 bits per heavy atom. The molecule has 30 heavy (non-hydrogen) atoms. The fourth-order valence-corrected chi connectivity index (χ4v) is 3.31. The van der Waals surface area contributed by atoms with E-state index in [-0.39, 0.29) is 13.1 Å². The maximum atomic E-state index is 4.80. The third kappa shape index (κ3) is 11.6. The zero-order valence-corrected chi connectivity index (χ0v) is 19.8. The van der Waals surface area contributed by atoms with Gasteiger partial charge < -0.3 is 36.6 Å². The van der Waals surface area contributed by atoms with E-state index >= 15 is 0 Å². The number of hydrogen-bond donors (Lipinski definition) is 7. The van der Waals surface area contributed by atoms with Crippen LogP contribution < -0.4 is 26.6 Å². The zero-order valence-electron chi connectivity index (χ0n) is 17.1. The van der Waals surface area contributed by atoms with Gasteiger partial charge in [-0.1, -0.05) is 0 Å². The molecule has 1 saturated heterocycles. The van der Waals surface area contributed by atoms with Gasteiger partial charge in [0, 0.05) is 101 Å². The summed E-state index contributed by atoms with van der Waals surface area (Å²) in [5, 5.41) is 17.9. The maximum Gasteiger partial charge on any atom is 0.0921 e. The van der Waals surface area contributed by atoms with Crippen LogP contribution in [0.3, 0.4) is 0 Å². The standard InChI is InChI=1S/C18H33N9.2ClH.Mn/c1-2-20-5-6-24-18(8-17-11-23-14-27-17)12-25-15(9-21-4-3-19-1)7-16-10-22-13-26-16;;;/h10-11,13-15,18-21,24-25H,1-9,12H2,(H,22,26)(H,23,27);2*1H;/q;;;+2/p-2/t15-,18+;;;/m1.../s1. The average molecular weight is 501 g/mol. The first-order valence-corrected chi connectivity index (χ1v) is 13.5. The molecule has 0 saturated carbocycles. The minimum Gasteiger partial charge on any atom is -0.348 e. The molecule has 12 heteroatoms. The number of rotatable bonds is 4. The van der Waals surface area contributed by atoms with Crippen molar-refractivity contribution in [3.05, 3.63) is 36.4 Å². The molecule has 0 aromatic carbocycles. The molecule has 7 N–H and O–H groups in total. The molecule has 0 aliphatic carbocycles. The van der Waals surface area contributed by atoms with Gasteiger partial charge in [0.2, 0.25) is 0 Å². The van der Waals surface area contributed by atoms with Gasteiger partial charge in [-0.05, 0) is 0 Å². The fraction of sp³-hybridized carbons (Fsp3) is 0.667. The van der Waals surface area contributed by atoms with Crippen molar-refractivity contribution in [2.24, 2.45) is 0 Å². The Labute approximate surface area is 193 Å². The fourth-order valence-electron chi connectivity index (χ4n) is 3.31. The summed E-state index contributed by atoms with van der Waals surface area (Å²) in [6.45, 7) is 7.69. The summed E-state index contributed by atoms with van der Waals surface area (Å²) in [7, 11) is 9.59. The van der Waals surface area contributed by atoms with Crippen molar-refractivity contribution in [3.63, 3.8) is 0 Å². The zero-order chi connectivity index (χ0) is 21.3. The summed E-state index contributed by atoms with van der Waals surface area (Å²) >= 11 is 0.00694. The van der Waals surface area contributed by atoms with Crippen LogP contribution >= 0.6 is 20.2 Å². The van der Waals surface area contributed by atoms with Crippen molar-refractivity contribution in [1.82, 2.24) is 46.5 Å². The van der Waals surface area contributed by atoms with Crippen molar-refractivity contribution < 1.29 is 13.1 Å². The van der Waals surface area contributed by atoms with Crippen molar-refractivity contribution in [2.75, 3.05) is 52.4 Å². The summed E-state index contributed by atoms with van der Waals surface area (Å²) in [5.41, 5.74) is 2.32. The van der Waals surface area contributed by atoms with Gasteiger partial charge in [0.15, 0.2) is 0 Å². The van der Waals surface area contributed by atoms with Crippen LogP contribution in [0.2, 0.25) is 0 Å². The Kier molecular flexibility index (Phi) is 14.4. The normalized spacial score (nSPS) is 22.3. The molecule has 1 aliphatic heterocycles. The Bertz CT molecular complexity index is 563. The van der Waals surface area contributed by atoms with Gasteiger partial charge >= 0.3 is 33.3 Å². The predicted molar refractivity (Wildman–Crippen MR) is 118 cm³/mol. The first kappa shape index (κ1) is 25.6. The topological polar surface area (TPSA) is 118 Å². The smallest absolute Gasteiger partial charge is 0.0921 e. The number of hydrogen-bond acceptors (Lipinski definition) is 7. The second-order valence-electron chi connectivity index (χ2n) is 7.08. The van der Waals surface area contributed by atoms with Gasteiger partial charge in [-0.3, -0.25) is 0 Å². The number of halogens is 2. The monoisotopic (exact) mass is 500 g/mol. The summed E-state index contributed by atoms with van der Waals surface area (Å²) < 4.78 is 0. The molecule has 0 radical (unpaired) electrons. The van der Waals surface area contributed by atoms with Crippen LogP contribution in [-0.2, 0) is 26.0 Å². The van der Waals surface area contributed by atoms with Crippen LogP contribution in [-0.4, -0.2) is 84.4 Å². The molecule has 2 atom stereocenters. The number of nitrogens with one attached hydrogen (secondary N) is 7. The van der Waals surface area contributed by atoms with E-state index < -0.39 is 0 Å². The van der Waals surface area contributed by atoms with Crippen LogP contribution in [0.4, 0.5) is 0 Å². The molecule has 1 fully saturated rings. The Morgan fingerprint density at radius 3 is 1.77 bits per heavy atom. The second-order valence-corrected chi connectivity index (χ2v) is 9.03. The SMILES string of the molecule is [Cl][Mn][Cl].c1ncc(C[C@H]2CN[C@H](Cc3cnc[nH]3)CNCCNCCNCCN2)[nH]1. The Balaban J connectivity index is 0.00000101. The van der Waals surface area contributed by atoms with Crippen molar-refractivity contribution >= 4 is 20.2 Å². The third-order valence-corrected chi connectivity index (χ3v) is 4.78. The minimum absolute atomic E-state index is 0.00694. The van der Waals surface area contributed by atoms with Gasteiger partial charge in [-0.25, -0.2) is 9.97 Å². The molecule has 2 aromatic heterocycles. The van der Waals surface area contributed by atoms with E-state index in [0.717, 1.165) is 76.6 Å². The van der Waals surface area contributed by atoms with Gasteiger partial charge in [0.25, 0.3) is 0 Å². The number of aromatic amines is 2. The van der Waals surface area contributed by atoms with Gasteiger partial charge in [-0.2, -0.15) is 0 Å². The minimum atomic E-state index is 0.00694. The molecule has 171 valence electrons. The molecule has 1 aliphatic rings. The Hall–Kier alpha value is -0.681. The van der Waals surface area contributed by atoms with E-state index in [1.807, 2.05) is 12.4 Å². The number of H-pyrrole nitrogens is 2. The van der Waals surface area contributed by atoms with Gasteiger partial charge in [0.1, 0.15) is 0 Å². The number of aromatic nitrogens is 4. The molecular formula is C18H33Cl2MnN9. The molecule has 2 aromatic rings. The summed E-state index contributed by atoms with van der Waals surface area (Å²) in [4.78, 5) is 14.7. The van der Waals surface area contributed by atoms with Crippen LogP contribution in [0.25, 0.3) is 0 Å². The first-order chi connectivity index (χ1) is 14.8. The van der Waals surface area contributed by atoms with E-state index in [4.69, 9.17) is 20.2 Å². The molecule has 0 bridgehead atoms. The Morgan fingerprint density at radius 2 is 1.23 bits per heavy atom. The van der Waals surface area contributed by atoms with E-state index in [9.17, 15) is 0 Å². The number of imidazole rings is 2. The molecule has 3 rings (SSSR count). The predicted octanol–water partition coefficient (Wildman–Crippen LogP) is -0.00670. The van der Waals surface area contributed by atoms with Crippen LogP contribution in [0.15, 0.2) is 25.0 Å². The molecule has 0 amide bonds. The average Bonchev–Trinajstić information content (AvgIpc) is 3.43. The van der Waals surface area contributed by atoms with Crippen LogP contribution in [0.1, 0.15) is 11.4 Å². The largest absolute Gasteiger partial charge is 0.348 e. The van der Waals surface area contributed by atoms with Crippen molar-refractivity contribution in [3.8, 4) is 0 Å². The van der Waals surface area contributed by atoms with Crippen molar-refractivity contribution in [2.45, 2.75) is 24.9 Å². The van der Waals surface area contributed by atoms with Crippen LogP contribution in [0.5, 0.6) is 0 Å². The van der Waals surface area contributed by atoms with Gasteiger partial charge in [0.05, 0.1) is 12.7 Å². The van der Waals surface area contributed by atoms with Gasteiger partial charge in [-0.15, -0.1) is 0 Å². The molecule has 9 nitrogen and oxygen atoms in total. The second kappa shape index (κ2) is 16.9. The first-order valence-electron chi connectivity index (χ1n) is 10.2. The van der Waals surface area contributed by atoms with Crippen molar-refractivity contribution in [1.29, 1.82) is 0 Å². The summed E-state index contributed by atoms with van der Waals surface area (Å²) in [5.74, 6) is 0. The molecule has 0 unspecified atom stereocenters. The third-order valence-electron chi connectivity index (χ3n) is 4.78. The summed E-state index contributed by atoms with van der Waals surface area (Å²) in [6, 6.07) is 0.694. The molecule has 3 heterocycles. The van der Waals surface area contributed by atoms with E-state index in [0.29, 0.717) is 12.1 Å². The quantitative estimate of drug-likeness (QED) is 0.295. The maximum absolute atomic E-state index is 4.80. The summed E-state index contributed by atoms with van der Waals surface area (Å²) in [6.07, 6.45) is 9.16. The van der Waals surface area contributed by atoms with E-state index in [1.54, 1.807) is 12.7 Å².